The standard InChI is InChI=1S/C19H19ClN4OS/c1-2-24-13-21-23-19(24)14-6-5-7-15(12-14)22-18(25)10-11-26-17-9-4-3-8-16(17)20/h3-9,12-13H,2,10-11H2,1H3,(H,22,25). The van der Waals surface area contributed by atoms with Crippen LogP contribution in [-0.4, -0.2) is 26.4 Å². The van der Waals surface area contributed by atoms with E-state index in [2.05, 4.69) is 15.5 Å². The van der Waals surface area contributed by atoms with E-state index >= 15 is 0 Å². The first-order valence-electron chi connectivity index (χ1n) is 8.33. The Morgan fingerprint density at radius 3 is 2.88 bits per heavy atom. The maximum Gasteiger partial charge on any atom is 0.225 e. The van der Waals surface area contributed by atoms with Crippen LogP contribution < -0.4 is 5.32 Å². The van der Waals surface area contributed by atoms with E-state index in [0.29, 0.717) is 17.2 Å². The molecule has 1 aromatic heterocycles. The summed E-state index contributed by atoms with van der Waals surface area (Å²) in [7, 11) is 0. The third-order valence-electron chi connectivity index (χ3n) is 3.78. The van der Waals surface area contributed by atoms with Crippen LogP contribution in [0.5, 0.6) is 0 Å². The van der Waals surface area contributed by atoms with Gasteiger partial charge in [0.1, 0.15) is 6.33 Å². The van der Waals surface area contributed by atoms with Crippen molar-refractivity contribution in [1.29, 1.82) is 0 Å². The first-order chi connectivity index (χ1) is 12.7. The van der Waals surface area contributed by atoms with Crippen molar-refractivity contribution in [2.75, 3.05) is 11.1 Å². The van der Waals surface area contributed by atoms with Gasteiger partial charge in [-0.1, -0.05) is 35.9 Å². The van der Waals surface area contributed by atoms with Crippen molar-refractivity contribution in [3.63, 3.8) is 0 Å². The number of nitrogens with one attached hydrogen (secondary N) is 1. The highest BCUT2D eigenvalue weighted by Crippen LogP contribution is 2.27. The number of benzene rings is 2. The number of amides is 1. The zero-order valence-electron chi connectivity index (χ0n) is 14.4. The van der Waals surface area contributed by atoms with Gasteiger partial charge >= 0.3 is 0 Å². The molecule has 0 aliphatic heterocycles. The fourth-order valence-electron chi connectivity index (χ4n) is 2.48. The summed E-state index contributed by atoms with van der Waals surface area (Å²) in [6, 6.07) is 15.3. The van der Waals surface area contributed by atoms with Gasteiger partial charge in [0, 0.05) is 34.9 Å². The molecule has 3 rings (SSSR count). The van der Waals surface area contributed by atoms with Gasteiger partial charge < -0.3 is 9.88 Å². The number of aromatic nitrogens is 3. The molecule has 3 aromatic rings. The monoisotopic (exact) mass is 386 g/mol. The minimum atomic E-state index is -0.0290. The molecule has 0 bridgehead atoms. The molecule has 0 atom stereocenters. The van der Waals surface area contributed by atoms with Crippen LogP contribution in [0.3, 0.4) is 0 Å². The molecule has 7 heteroatoms. The summed E-state index contributed by atoms with van der Waals surface area (Å²) < 4.78 is 1.96. The lowest BCUT2D eigenvalue weighted by molar-refractivity contribution is -0.115. The lowest BCUT2D eigenvalue weighted by Crippen LogP contribution is -2.12. The molecule has 0 fully saturated rings. The summed E-state index contributed by atoms with van der Waals surface area (Å²) in [4.78, 5) is 13.2. The van der Waals surface area contributed by atoms with Gasteiger partial charge in [0.15, 0.2) is 5.82 Å². The number of thioether (sulfide) groups is 1. The van der Waals surface area contributed by atoms with E-state index in [9.17, 15) is 4.79 Å². The molecular weight excluding hydrogens is 368 g/mol. The van der Waals surface area contributed by atoms with Gasteiger partial charge in [-0.3, -0.25) is 4.79 Å². The van der Waals surface area contributed by atoms with Crippen LogP contribution in [0.15, 0.2) is 59.8 Å². The minimum absolute atomic E-state index is 0.0290. The second-order valence-corrected chi connectivity index (χ2v) is 7.14. The van der Waals surface area contributed by atoms with Crippen LogP contribution in [0, 0.1) is 0 Å². The fraction of sp³-hybridized carbons (Fsp3) is 0.211. The van der Waals surface area contributed by atoms with Crippen molar-refractivity contribution in [3.05, 3.63) is 59.9 Å². The van der Waals surface area contributed by atoms with Gasteiger partial charge in [0.05, 0.1) is 5.02 Å². The Labute approximate surface area is 161 Å². The highest BCUT2D eigenvalue weighted by Gasteiger charge is 2.09. The van der Waals surface area contributed by atoms with Gasteiger partial charge in [-0.2, -0.15) is 0 Å². The quantitative estimate of drug-likeness (QED) is 0.596. The van der Waals surface area contributed by atoms with Crippen LogP contribution in [-0.2, 0) is 11.3 Å². The van der Waals surface area contributed by atoms with Crippen LogP contribution in [0.2, 0.25) is 5.02 Å². The lowest BCUT2D eigenvalue weighted by atomic mass is 10.2. The number of hydrogen-bond acceptors (Lipinski definition) is 4. The summed E-state index contributed by atoms with van der Waals surface area (Å²) in [6.45, 7) is 2.83. The van der Waals surface area contributed by atoms with E-state index in [-0.39, 0.29) is 5.91 Å². The minimum Gasteiger partial charge on any atom is -0.326 e. The highest BCUT2D eigenvalue weighted by molar-refractivity contribution is 7.99. The van der Waals surface area contributed by atoms with E-state index in [1.807, 2.05) is 60.0 Å². The molecule has 0 aliphatic rings. The Morgan fingerprint density at radius 2 is 2.08 bits per heavy atom. The Balaban J connectivity index is 1.58. The lowest BCUT2D eigenvalue weighted by Gasteiger charge is -2.08. The SMILES string of the molecule is CCn1cnnc1-c1cccc(NC(=O)CCSc2ccccc2Cl)c1. The predicted molar refractivity (Wildman–Crippen MR) is 107 cm³/mol. The second kappa shape index (κ2) is 8.87. The summed E-state index contributed by atoms with van der Waals surface area (Å²) >= 11 is 7.70. The Morgan fingerprint density at radius 1 is 1.23 bits per heavy atom. The molecule has 5 nitrogen and oxygen atoms in total. The summed E-state index contributed by atoms with van der Waals surface area (Å²) in [5, 5.41) is 11.8. The van der Waals surface area contributed by atoms with Gasteiger partial charge in [0.25, 0.3) is 0 Å². The van der Waals surface area contributed by atoms with Gasteiger partial charge in [-0.25, -0.2) is 0 Å². The van der Waals surface area contributed by atoms with Crippen molar-refractivity contribution in [2.24, 2.45) is 0 Å². The summed E-state index contributed by atoms with van der Waals surface area (Å²) in [5.41, 5.74) is 1.67. The number of carbonyl (C=O) groups is 1. The number of carbonyl (C=O) groups excluding carboxylic acids is 1. The summed E-state index contributed by atoms with van der Waals surface area (Å²) in [5.74, 6) is 1.43. The molecule has 134 valence electrons. The molecule has 0 spiro atoms. The summed E-state index contributed by atoms with van der Waals surface area (Å²) in [6.07, 6.45) is 2.11. The molecular formula is C19H19ClN4OS. The van der Waals surface area contributed by atoms with E-state index in [1.165, 1.54) is 0 Å². The number of rotatable bonds is 7. The van der Waals surface area contributed by atoms with Crippen LogP contribution in [0.1, 0.15) is 13.3 Å². The van der Waals surface area contributed by atoms with Crippen LogP contribution in [0.4, 0.5) is 5.69 Å². The number of halogens is 1. The number of hydrogen-bond donors (Lipinski definition) is 1. The third kappa shape index (κ3) is 4.65. The predicted octanol–water partition coefficient (Wildman–Crippen LogP) is 4.74. The number of nitrogens with zero attached hydrogens (tertiary/aromatic N) is 3. The second-order valence-electron chi connectivity index (χ2n) is 5.60. The molecule has 0 radical (unpaired) electrons. The van der Waals surface area contributed by atoms with E-state index in [1.54, 1.807) is 18.1 Å². The van der Waals surface area contributed by atoms with Crippen molar-refractivity contribution in [2.45, 2.75) is 24.8 Å². The van der Waals surface area contributed by atoms with E-state index in [4.69, 9.17) is 11.6 Å². The Bertz CT molecular complexity index is 897. The smallest absolute Gasteiger partial charge is 0.225 e. The molecule has 0 saturated heterocycles. The highest BCUT2D eigenvalue weighted by atomic mass is 35.5. The zero-order chi connectivity index (χ0) is 18.4. The van der Waals surface area contributed by atoms with E-state index < -0.39 is 0 Å². The fourth-order valence-corrected chi connectivity index (χ4v) is 3.67. The maximum absolute atomic E-state index is 12.2. The average molecular weight is 387 g/mol. The first kappa shape index (κ1) is 18.5. The number of anilines is 1. The Kier molecular flexibility index (Phi) is 6.30. The maximum atomic E-state index is 12.2. The molecule has 26 heavy (non-hydrogen) atoms. The van der Waals surface area contributed by atoms with Gasteiger partial charge in [-0.15, -0.1) is 22.0 Å². The third-order valence-corrected chi connectivity index (χ3v) is 5.30. The van der Waals surface area contributed by atoms with Crippen molar-refractivity contribution in [3.8, 4) is 11.4 Å². The van der Waals surface area contributed by atoms with E-state index in [0.717, 1.165) is 28.5 Å². The molecule has 1 N–H and O–H groups in total. The van der Waals surface area contributed by atoms with Crippen LogP contribution in [0.25, 0.3) is 11.4 Å². The molecule has 0 aliphatic carbocycles. The van der Waals surface area contributed by atoms with Crippen LogP contribution >= 0.6 is 23.4 Å². The molecule has 0 unspecified atom stereocenters. The molecule has 1 amide bonds. The zero-order valence-corrected chi connectivity index (χ0v) is 15.9. The van der Waals surface area contributed by atoms with Crippen molar-refractivity contribution >= 4 is 35.0 Å². The van der Waals surface area contributed by atoms with Crippen molar-refractivity contribution < 1.29 is 4.79 Å². The Hall–Kier alpha value is -2.31. The normalized spacial score (nSPS) is 10.7. The first-order valence-corrected chi connectivity index (χ1v) is 9.69. The van der Waals surface area contributed by atoms with Crippen molar-refractivity contribution in [1.82, 2.24) is 14.8 Å². The molecule has 0 saturated carbocycles. The average Bonchev–Trinajstić information content (AvgIpc) is 3.12. The largest absolute Gasteiger partial charge is 0.326 e. The van der Waals surface area contributed by atoms with Gasteiger partial charge in [-0.05, 0) is 31.2 Å². The van der Waals surface area contributed by atoms with Gasteiger partial charge in [0.2, 0.25) is 5.91 Å². The molecule has 1 heterocycles. The number of aryl methyl sites for hydroxylation is 1. The molecule has 2 aromatic carbocycles. The topological polar surface area (TPSA) is 59.8 Å².